The molecule has 2 aromatic heterocycles. The quantitative estimate of drug-likeness (QED) is 0.710. The second-order valence-electron chi connectivity index (χ2n) is 6.45. The Balaban J connectivity index is 1.31. The molecule has 0 amide bonds. The van der Waals surface area contributed by atoms with Crippen LogP contribution >= 0.6 is 0 Å². The summed E-state index contributed by atoms with van der Waals surface area (Å²) in [4.78, 5) is 21.0. The topological polar surface area (TPSA) is 54.5 Å². The van der Waals surface area contributed by atoms with E-state index in [1.165, 1.54) is 5.56 Å². The molecule has 0 atom stereocenters. The summed E-state index contributed by atoms with van der Waals surface area (Å²) >= 11 is 0. The van der Waals surface area contributed by atoms with Crippen molar-refractivity contribution in [3.8, 4) is 0 Å². The van der Waals surface area contributed by atoms with Crippen molar-refractivity contribution in [1.82, 2.24) is 19.4 Å². The van der Waals surface area contributed by atoms with E-state index in [0.29, 0.717) is 12.3 Å². The van der Waals surface area contributed by atoms with Gasteiger partial charge in [-0.2, -0.15) is 0 Å². The molecule has 1 aliphatic rings. The summed E-state index contributed by atoms with van der Waals surface area (Å²) in [5.74, 6) is -0.323. The lowest BCUT2D eigenvalue weighted by Crippen LogP contribution is -2.46. The van der Waals surface area contributed by atoms with Gasteiger partial charge < -0.3 is 4.42 Å². The highest BCUT2D eigenvalue weighted by Crippen LogP contribution is 2.11. The van der Waals surface area contributed by atoms with Crippen molar-refractivity contribution in [3.63, 3.8) is 0 Å². The first-order valence-corrected chi connectivity index (χ1v) is 8.72. The highest BCUT2D eigenvalue weighted by molar-refractivity contribution is 5.67. The van der Waals surface area contributed by atoms with Gasteiger partial charge in [-0.05, 0) is 17.7 Å². The highest BCUT2D eigenvalue weighted by Gasteiger charge is 2.18. The number of pyridine rings is 1. The van der Waals surface area contributed by atoms with Crippen LogP contribution < -0.4 is 5.76 Å². The Labute approximate surface area is 146 Å². The predicted molar refractivity (Wildman–Crippen MR) is 96.4 cm³/mol. The maximum Gasteiger partial charge on any atom is 0.421 e. The van der Waals surface area contributed by atoms with E-state index >= 15 is 0 Å². The molecule has 0 saturated carbocycles. The molecule has 1 fully saturated rings. The first-order chi connectivity index (χ1) is 12.3. The van der Waals surface area contributed by atoms with Gasteiger partial charge in [0.15, 0.2) is 0 Å². The van der Waals surface area contributed by atoms with Gasteiger partial charge in [-0.25, -0.2) is 9.78 Å². The Hall–Kier alpha value is -2.44. The minimum absolute atomic E-state index is 0.323. The first-order valence-electron chi connectivity index (χ1n) is 8.72. The summed E-state index contributed by atoms with van der Waals surface area (Å²) in [6.07, 6.45) is 1.64. The second-order valence-corrected chi connectivity index (χ2v) is 6.45. The maximum atomic E-state index is 12.0. The molecule has 25 heavy (non-hydrogen) atoms. The monoisotopic (exact) mass is 338 g/mol. The van der Waals surface area contributed by atoms with E-state index < -0.39 is 0 Å². The van der Waals surface area contributed by atoms with Crippen LogP contribution in [0.5, 0.6) is 0 Å². The van der Waals surface area contributed by atoms with Crippen molar-refractivity contribution in [2.45, 2.75) is 13.1 Å². The van der Waals surface area contributed by atoms with Crippen LogP contribution in [-0.4, -0.2) is 52.1 Å². The van der Waals surface area contributed by atoms with E-state index in [-0.39, 0.29) is 5.76 Å². The zero-order chi connectivity index (χ0) is 17.1. The highest BCUT2D eigenvalue weighted by atomic mass is 16.4. The largest absolute Gasteiger partial charge is 0.421 e. The van der Waals surface area contributed by atoms with E-state index in [9.17, 15) is 4.79 Å². The number of hydrogen-bond donors (Lipinski definition) is 0. The molecule has 3 aromatic rings. The molecular weight excluding hydrogens is 316 g/mol. The molecular formula is C19H22N4O2. The number of fused-ring (bicyclic) bond motifs is 1. The van der Waals surface area contributed by atoms with Crippen molar-refractivity contribution in [2.75, 3.05) is 32.7 Å². The minimum atomic E-state index is -0.323. The fourth-order valence-corrected chi connectivity index (χ4v) is 3.37. The Bertz CT molecular complexity index is 879. The second kappa shape index (κ2) is 7.21. The molecule has 3 heterocycles. The molecule has 6 nitrogen and oxygen atoms in total. The number of aromatic nitrogens is 2. The zero-order valence-corrected chi connectivity index (χ0v) is 14.2. The predicted octanol–water partition coefficient (Wildman–Crippen LogP) is 1.81. The molecule has 4 rings (SSSR count). The maximum absolute atomic E-state index is 12.0. The summed E-state index contributed by atoms with van der Waals surface area (Å²) in [5.41, 5.74) is 2.55. The average Bonchev–Trinajstić information content (AvgIpc) is 2.97. The number of benzene rings is 1. The molecule has 0 N–H and O–H groups in total. The number of nitrogens with zero attached hydrogens (tertiary/aromatic N) is 4. The van der Waals surface area contributed by atoms with Gasteiger partial charge in [0, 0.05) is 52.0 Å². The SMILES string of the molecule is O=c1oc2ncccc2n1CCN1CCN(Cc2ccccc2)CC1. The van der Waals surface area contributed by atoms with Gasteiger partial charge in [-0.1, -0.05) is 30.3 Å². The van der Waals surface area contributed by atoms with Crippen LogP contribution in [0.3, 0.4) is 0 Å². The van der Waals surface area contributed by atoms with Crippen molar-refractivity contribution in [3.05, 3.63) is 64.8 Å². The third kappa shape index (κ3) is 3.65. The molecule has 1 aliphatic heterocycles. The van der Waals surface area contributed by atoms with Crippen molar-refractivity contribution in [2.24, 2.45) is 0 Å². The number of rotatable bonds is 5. The Morgan fingerprint density at radius 2 is 1.68 bits per heavy atom. The molecule has 0 bridgehead atoms. The van der Waals surface area contributed by atoms with Gasteiger partial charge in [0.2, 0.25) is 5.71 Å². The van der Waals surface area contributed by atoms with Crippen LogP contribution in [0.1, 0.15) is 5.56 Å². The van der Waals surface area contributed by atoms with Crippen LogP contribution in [0.25, 0.3) is 11.2 Å². The number of piperazine rings is 1. The lowest BCUT2D eigenvalue weighted by molar-refractivity contribution is 0.124. The van der Waals surface area contributed by atoms with Gasteiger partial charge in [0.05, 0.1) is 0 Å². The van der Waals surface area contributed by atoms with Gasteiger partial charge in [0.1, 0.15) is 5.52 Å². The standard InChI is InChI=1S/C19H22N4O2/c24-19-23(17-7-4-8-20-18(17)25-19)14-13-21-9-11-22(12-10-21)15-16-5-2-1-3-6-16/h1-8H,9-15H2. The van der Waals surface area contributed by atoms with E-state index in [4.69, 9.17) is 4.42 Å². The molecule has 130 valence electrons. The normalized spacial score (nSPS) is 16.5. The molecule has 0 radical (unpaired) electrons. The van der Waals surface area contributed by atoms with Gasteiger partial charge >= 0.3 is 5.76 Å². The van der Waals surface area contributed by atoms with Gasteiger partial charge in [-0.15, -0.1) is 0 Å². The van der Waals surface area contributed by atoms with Crippen LogP contribution in [0, 0.1) is 0 Å². The summed E-state index contributed by atoms with van der Waals surface area (Å²) < 4.78 is 6.87. The number of oxazole rings is 1. The third-order valence-electron chi connectivity index (χ3n) is 4.80. The van der Waals surface area contributed by atoms with Gasteiger partial charge in [-0.3, -0.25) is 14.4 Å². The molecule has 6 heteroatoms. The van der Waals surface area contributed by atoms with E-state index in [1.54, 1.807) is 10.8 Å². The zero-order valence-electron chi connectivity index (χ0n) is 14.2. The molecule has 0 spiro atoms. The molecule has 0 aliphatic carbocycles. The van der Waals surface area contributed by atoms with E-state index in [2.05, 4.69) is 45.1 Å². The van der Waals surface area contributed by atoms with E-state index in [1.807, 2.05) is 12.1 Å². The van der Waals surface area contributed by atoms with Gasteiger partial charge in [0.25, 0.3) is 0 Å². The smallest absolute Gasteiger partial charge is 0.389 e. The minimum Gasteiger partial charge on any atom is -0.389 e. The van der Waals surface area contributed by atoms with Crippen molar-refractivity contribution in [1.29, 1.82) is 0 Å². The Morgan fingerprint density at radius 3 is 2.48 bits per heavy atom. The Kier molecular flexibility index (Phi) is 4.63. The number of hydrogen-bond acceptors (Lipinski definition) is 5. The van der Waals surface area contributed by atoms with Crippen LogP contribution in [0.4, 0.5) is 0 Å². The lowest BCUT2D eigenvalue weighted by Gasteiger charge is -2.34. The summed E-state index contributed by atoms with van der Waals surface area (Å²) in [7, 11) is 0. The fraction of sp³-hybridized carbons (Fsp3) is 0.368. The summed E-state index contributed by atoms with van der Waals surface area (Å²) in [5, 5.41) is 0. The van der Waals surface area contributed by atoms with Crippen LogP contribution in [-0.2, 0) is 13.1 Å². The summed E-state index contributed by atoms with van der Waals surface area (Å²) in [6, 6.07) is 14.3. The van der Waals surface area contributed by atoms with Crippen molar-refractivity contribution >= 4 is 11.2 Å². The summed E-state index contributed by atoms with van der Waals surface area (Å²) in [6.45, 7) is 6.64. The Morgan fingerprint density at radius 1 is 0.920 bits per heavy atom. The molecule has 0 unspecified atom stereocenters. The molecule has 1 saturated heterocycles. The first kappa shape index (κ1) is 16.1. The van der Waals surface area contributed by atoms with Crippen LogP contribution in [0.2, 0.25) is 0 Å². The average molecular weight is 338 g/mol. The lowest BCUT2D eigenvalue weighted by atomic mass is 10.2. The fourth-order valence-electron chi connectivity index (χ4n) is 3.37. The van der Waals surface area contributed by atoms with Crippen molar-refractivity contribution < 1.29 is 4.42 Å². The van der Waals surface area contributed by atoms with Crippen LogP contribution in [0.15, 0.2) is 57.9 Å². The third-order valence-corrected chi connectivity index (χ3v) is 4.80. The molecule has 1 aromatic carbocycles. The van der Waals surface area contributed by atoms with E-state index in [0.717, 1.165) is 44.8 Å².